The van der Waals surface area contributed by atoms with E-state index in [0.717, 1.165) is 17.8 Å². The van der Waals surface area contributed by atoms with Gasteiger partial charge in [0.1, 0.15) is 11.3 Å². The van der Waals surface area contributed by atoms with Gasteiger partial charge in [-0.25, -0.2) is 18.2 Å². The summed E-state index contributed by atoms with van der Waals surface area (Å²) in [5, 5.41) is 0.994. The van der Waals surface area contributed by atoms with Gasteiger partial charge in [-0.15, -0.1) is 12.4 Å². The minimum absolute atomic E-state index is 0. The Morgan fingerprint density at radius 3 is 2.23 bits per heavy atom. The summed E-state index contributed by atoms with van der Waals surface area (Å²) in [4.78, 5) is 36.0. The smallest absolute Gasteiger partial charge is 0.409 e. The Kier molecular flexibility index (Phi) is 12.4. The number of sulfonamides is 1. The van der Waals surface area contributed by atoms with Gasteiger partial charge in [-0.2, -0.15) is 4.31 Å². The third-order valence-corrected chi connectivity index (χ3v) is 10.6. The van der Waals surface area contributed by atoms with Gasteiger partial charge in [0, 0.05) is 44.8 Å². The van der Waals surface area contributed by atoms with Crippen LogP contribution in [0.2, 0.25) is 5.02 Å². The van der Waals surface area contributed by atoms with Crippen LogP contribution in [-0.2, 0) is 14.8 Å². The first-order valence-corrected chi connectivity index (χ1v) is 16.5. The van der Waals surface area contributed by atoms with Gasteiger partial charge >= 0.3 is 6.09 Å². The van der Waals surface area contributed by atoms with Crippen molar-refractivity contribution in [2.24, 2.45) is 0 Å². The van der Waals surface area contributed by atoms with E-state index >= 15 is 0 Å². The molecule has 0 radical (unpaired) electrons. The minimum Gasteiger partial charge on any atom is -0.494 e. The van der Waals surface area contributed by atoms with Crippen LogP contribution < -0.4 is 9.64 Å². The highest BCUT2D eigenvalue weighted by atomic mass is 35.5. The Labute approximate surface area is 267 Å². The van der Waals surface area contributed by atoms with Gasteiger partial charge in [0.05, 0.1) is 28.3 Å². The number of piperazine rings is 1. The molecule has 0 spiro atoms. The molecule has 0 N–H and O–H groups in total. The Morgan fingerprint density at radius 2 is 1.65 bits per heavy atom. The molecule has 15 heteroatoms. The maximum absolute atomic E-state index is 13.9. The van der Waals surface area contributed by atoms with Crippen molar-refractivity contribution in [3.63, 3.8) is 0 Å². The van der Waals surface area contributed by atoms with Crippen molar-refractivity contribution in [3.05, 3.63) is 47.0 Å². The first-order valence-electron chi connectivity index (χ1n) is 13.8. The lowest BCUT2D eigenvalue weighted by atomic mass is 10.2. The molecule has 1 fully saturated rings. The zero-order chi connectivity index (χ0) is 30.4. The molecule has 0 saturated carbocycles. The molecule has 236 valence electrons. The number of rotatable bonds is 11. The van der Waals surface area contributed by atoms with E-state index in [1.807, 2.05) is 0 Å². The Hall–Kier alpha value is -2.68. The number of hydrogen-bond donors (Lipinski definition) is 0. The number of likely N-dealkylation sites (N-methyl/N-ethyl adjacent to an activating group) is 1. The summed E-state index contributed by atoms with van der Waals surface area (Å²) < 4.78 is 39.2. The van der Waals surface area contributed by atoms with E-state index in [1.165, 1.54) is 44.8 Å². The average molecular weight is 675 g/mol. The third-order valence-electron chi connectivity index (χ3n) is 7.18. The molecule has 1 aromatic heterocycles. The van der Waals surface area contributed by atoms with Gasteiger partial charge in [0.2, 0.25) is 10.0 Å². The molecule has 1 saturated heterocycles. The van der Waals surface area contributed by atoms with E-state index in [0.29, 0.717) is 40.1 Å². The summed E-state index contributed by atoms with van der Waals surface area (Å²) in [5.41, 5.74) is 0.910. The highest BCUT2D eigenvalue weighted by molar-refractivity contribution is 7.89. The lowest BCUT2D eigenvalue weighted by molar-refractivity contribution is 0.0933. The number of ether oxygens (including phenoxy) is 2. The molecule has 0 bridgehead atoms. The molecule has 2 aromatic carbocycles. The van der Waals surface area contributed by atoms with Crippen LogP contribution >= 0.6 is 35.3 Å². The van der Waals surface area contributed by atoms with Crippen LogP contribution in [-0.4, -0.2) is 106 Å². The summed E-state index contributed by atoms with van der Waals surface area (Å²) >= 11 is 7.76. The maximum atomic E-state index is 13.9. The Morgan fingerprint density at radius 1 is 1.00 bits per heavy atom. The van der Waals surface area contributed by atoms with Crippen molar-refractivity contribution in [1.29, 1.82) is 0 Å². The molecule has 11 nitrogen and oxygen atoms in total. The predicted molar refractivity (Wildman–Crippen MR) is 172 cm³/mol. The molecular weight excluding hydrogens is 637 g/mol. The number of aromatic nitrogens is 1. The van der Waals surface area contributed by atoms with E-state index < -0.39 is 16.1 Å². The zero-order valence-corrected chi connectivity index (χ0v) is 27.8. The van der Waals surface area contributed by atoms with E-state index in [9.17, 15) is 18.0 Å². The van der Waals surface area contributed by atoms with Gasteiger partial charge in [-0.1, -0.05) is 36.8 Å². The minimum atomic E-state index is -3.81. The van der Waals surface area contributed by atoms with Gasteiger partial charge in [0.25, 0.3) is 5.91 Å². The van der Waals surface area contributed by atoms with Gasteiger partial charge in [-0.3, -0.25) is 9.69 Å². The number of halogens is 2. The normalized spacial score (nSPS) is 14.0. The van der Waals surface area contributed by atoms with Crippen LogP contribution in [0.3, 0.4) is 0 Å². The largest absolute Gasteiger partial charge is 0.494 e. The fourth-order valence-electron chi connectivity index (χ4n) is 4.69. The molecule has 43 heavy (non-hydrogen) atoms. The molecule has 1 aliphatic rings. The fourth-order valence-corrected chi connectivity index (χ4v) is 7.39. The molecular formula is C28H37Cl2N5O6S2. The standard InChI is InChI=1S/C28H36ClN5O6S2.ClH/c1-5-31(6-2)14-19-34(27-30-24-23(39-4)13-12-22(29)25(24)41-27)26(35)20-8-10-21(11-9-20)42(37,38)33-17-15-32(16-18-33)28(36)40-7-3;/h8-13H,5-7,14-19H2,1-4H3;1H. The van der Waals surface area contributed by atoms with E-state index in [4.69, 9.17) is 26.1 Å². The first kappa shape index (κ1) is 34.8. The molecule has 2 heterocycles. The zero-order valence-electron chi connectivity index (χ0n) is 24.6. The van der Waals surface area contributed by atoms with Crippen molar-refractivity contribution in [2.45, 2.75) is 25.7 Å². The Bertz CT molecular complexity index is 1510. The highest BCUT2D eigenvalue weighted by Gasteiger charge is 2.31. The van der Waals surface area contributed by atoms with Gasteiger partial charge in [-0.05, 0) is 56.4 Å². The first-order chi connectivity index (χ1) is 20.1. The molecule has 0 aliphatic carbocycles. The number of benzene rings is 2. The van der Waals surface area contributed by atoms with E-state index in [2.05, 4.69) is 18.7 Å². The van der Waals surface area contributed by atoms with Gasteiger partial charge in [0.15, 0.2) is 5.13 Å². The number of amides is 2. The van der Waals surface area contributed by atoms with E-state index in [1.54, 1.807) is 31.1 Å². The van der Waals surface area contributed by atoms with Crippen molar-refractivity contribution in [2.75, 3.05) is 71.0 Å². The number of nitrogens with zero attached hydrogens (tertiary/aromatic N) is 5. The lowest BCUT2D eigenvalue weighted by Gasteiger charge is -2.33. The number of thiazole rings is 1. The van der Waals surface area contributed by atoms with Crippen LogP contribution in [0, 0.1) is 0 Å². The van der Waals surface area contributed by atoms with Crippen LogP contribution in [0.1, 0.15) is 31.1 Å². The van der Waals surface area contributed by atoms with Crippen molar-refractivity contribution in [1.82, 2.24) is 19.1 Å². The predicted octanol–water partition coefficient (Wildman–Crippen LogP) is 4.83. The summed E-state index contributed by atoms with van der Waals surface area (Å²) in [6, 6.07) is 9.42. The molecule has 0 atom stereocenters. The monoisotopic (exact) mass is 673 g/mol. The number of hydrogen-bond acceptors (Lipinski definition) is 9. The molecule has 0 unspecified atom stereocenters. The number of carbonyl (C=O) groups is 2. The topological polar surface area (TPSA) is 113 Å². The number of methoxy groups -OCH3 is 1. The summed E-state index contributed by atoms with van der Waals surface area (Å²) in [6.45, 7) is 9.59. The summed E-state index contributed by atoms with van der Waals surface area (Å²) in [5.74, 6) is 0.258. The second kappa shape index (κ2) is 15.4. The highest BCUT2D eigenvalue weighted by Crippen LogP contribution is 2.39. The molecule has 1 aliphatic heterocycles. The SMILES string of the molecule is CCOC(=O)N1CCN(S(=O)(=O)c2ccc(C(=O)N(CCN(CC)CC)c3nc4c(OC)ccc(Cl)c4s3)cc2)CC1.Cl. The number of fused-ring (bicyclic) bond motifs is 1. The van der Waals surface area contributed by atoms with Crippen LogP contribution in [0.25, 0.3) is 10.2 Å². The maximum Gasteiger partial charge on any atom is 0.409 e. The fraction of sp³-hybridized carbons (Fsp3) is 0.464. The number of carbonyl (C=O) groups excluding carboxylic acids is 2. The van der Waals surface area contributed by atoms with Gasteiger partial charge < -0.3 is 19.3 Å². The van der Waals surface area contributed by atoms with Crippen LogP contribution in [0.15, 0.2) is 41.3 Å². The van der Waals surface area contributed by atoms with Crippen molar-refractivity contribution < 1.29 is 27.5 Å². The number of anilines is 1. The van der Waals surface area contributed by atoms with Crippen LogP contribution in [0.5, 0.6) is 5.75 Å². The quantitative estimate of drug-likeness (QED) is 0.285. The van der Waals surface area contributed by atoms with E-state index in [-0.39, 0.29) is 56.0 Å². The second-order valence-electron chi connectivity index (χ2n) is 9.52. The van der Waals surface area contributed by atoms with Crippen molar-refractivity contribution >= 4 is 72.7 Å². The lowest BCUT2D eigenvalue weighted by Crippen LogP contribution is -2.50. The molecule has 4 rings (SSSR count). The second-order valence-corrected chi connectivity index (χ2v) is 12.8. The third kappa shape index (κ3) is 7.70. The Balaban J connectivity index is 0.00000506. The average Bonchev–Trinajstić information content (AvgIpc) is 3.46. The molecule has 2 amide bonds. The summed E-state index contributed by atoms with van der Waals surface area (Å²) in [6.07, 6.45) is -0.447. The van der Waals surface area contributed by atoms with Crippen molar-refractivity contribution in [3.8, 4) is 5.75 Å². The van der Waals surface area contributed by atoms with Crippen LogP contribution in [0.4, 0.5) is 9.93 Å². The molecule has 3 aromatic rings. The summed E-state index contributed by atoms with van der Waals surface area (Å²) in [7, 11) is -2.26.